The van der Waals surface area contributed by atoms with Crippen molar-refractivity contribution in [1.82, 2.24) is 14.5 Å². The maximum absolute atomic E-state index is 13.3. The molecule has 0 radical (unpaired) electrons. The quantitative estimate of drug-likeness (QED) is 0.822. The van der Waals surface area contributed by atoms with Crippen LogP contribution in [0.25, 0.3) is 10.9 Å². The Morgan fingerprint density at radius 3 is 2.67 bits per heavy atom. The maximum Gasteiger partial charge on any atom is 0.329 e. The average Bonchev–Trinajstić information content (AvgIpc) is 3.14. The molecule has 27 heavy (non-hydrogen) atoms. The molecule has 8 nitrogen and oxygen atoms in total. The van der Waals surface area contributed by atoms with E-state index in [4.69, 9.17) is 0 Å². The van der Waals surface area contributed by atoms with Gasteiger partial charge in [-0.25, -0.2) is 14.2 Å². The SMILES string of the molecule is CC[C@H](C)[C@@H](C(=O)N1CCC[C@@H]1C(=O)O)n1c(=O)[nH]c2ccccc2c1=O. The van der Waals surface area contributed by atoms with Crippen molar-refractivity contribution >= 4 is 22.8 Å². The molecule has 1 aromatic heterocycles. The van der Waals surface area contributed by atoms with Gasteiger partial charge < -0.3 is 15.0 Å². The molecule has 0 aliphatic carbocycles. The van der Waals surface area contributed by atoms with Crippen LogP contribution in [0, 0.1) is 5.92 Å². The number of nitrogens with one attached hydrogen (secondary N) is 1. The number of carbonyl (C=O) groups is 2. The fraction of sp³-hybridized carbons (Fsp3) is 0.474. The van der Waals surface area contributed by atoms with E-state index < -0.39 is 35.2 Å². The summed E-state index contributed by atoms with van der Waals surface area (Å²) in [5.74, 6) is -1.87. The van der Waals surface area contributed by atoms with Crippen molar-refractivity contribution in [3.63, 3.8) is 0 Å². The molecule has 0 spiro atoms. The molecule has 2 aromatic rings. The first-order valence-corrected chi connectivity index (χ1v) is 9.13. The molecule has 1 fully saturated rings. The van der Waals surface area contributed by atoms with Crippen LogP contribution >= 0.6 is 0 Å². The van der Waals surface area contributed by atoms with Gasteiger partial charge in [0.2, 0.25) is 5.91 Å². The van der Waals surface area contributed by atoms with E-state index in [-0.39, 0.29) is 5.92 Å². The second-order valence-corrected chi connectivity index (χ2v) is 7.01. The second-order valence-electron chi connectivity index (χ2n) is 7.01. The highest BCUT2D eigenvalue weighted by molar-refractivity contribution is 5.87. The number of benzene rings is 1. The Hall–Kier alpha value is -2.90. The molecule has 3 atom stereocenters. The van der Waals surface area contributed by atoms with Crippen LogP contribution in [0.4, 0.5) is 0 Å². The summed E-state index contributed by atoms with van der Waals surface area (Å²) in [7, 11) is 0. The number of aromatic nitrogens is 2. The van der Waals surface area contributed by atoms with Crippen LogP contribution < -0.4 is 11.2 Å². The number of rotatable bonds is 5. The third kappa shape index (κ3) is 3.27. The number of carboxylic acid groups (broad SMARTS) is 1. The standard InChI is InChI=1S/C19H23N3O5/c1-3-11(2)15(17(24)21-10-6-9-14(21)18(25)26)22-16(23)12-7-4-5-8-13(12)20-19(22)27/h4-5,7-8,11,14-15H,3,6,9-10H2,1-2H3,(H,20,27)(H,25,26)/t11-,14+,15-/m0/s1. The van der Waals surface area contributed by atoms with Gasteiger partial charge in [-0.3, -0.25) is 9.59 Å². The van der Waals surface area contributed by atoms with E-state index in [9.17, 15) is 24.3 Å². The average molecular weight is 373 g/mol. The first kappa shape index (κ1) is 18.9. The summed E-state index contributed by atoms with van der Waals surface area (Å²) < 4.78 is 0.954. The van der Waals surface area contributed by atoms with Crippen LogP contribution in [-0.2, 0) is 9.59 Å². The van der Waals surface area contributed by atoms with E-state index in [0.717, 1.165) is 4.57 Å². The molecule has 0 saturated carbocycles. The van der Waals surface area contributed by atoms with Gasteiger partial charge in [0.05, 0.1) is 10.9 Å². The number of aliphatic carboxylic acids is 1. The lowest BCUT2D eigenvalue weighted by atomic mass is 9.97. The number of hydrogen-bond acceptors (Lipinski definition) is 4. The molecule has 144 valence electrons. The highest BCUT2D eigenvalue weighted by Gasteiger charge is 2.40. The zero-order valence-corrected chi connectivity index (χ0v) is 15.3. The van der Waals surface area contributed by atoms with Gasteiger partial charge in [-0.15, -0.1) is 0 Å². The normalized spacial score (nSPS) is 19.2. The predicted molar refractivity (Wildman–Crippen MR) is 99.7 cm³/mol. The molecule has 0 unspecified atom stereocenters. The monoisotopic (exact) mass is 373 g/mol. The largest absolute Gasteiger partial charge is 0.480 e. The molecule has 1 aliphatic heterocycles. The molecule has 2 N–H and O–H groups in total. The van der Waals surface area contributed by atoms with Gasteiger partial charge in [0.25, 0.3) is 5.56 Å². The molecular weight excluding hydrogens is 350 g/mol. The summed E-state index contributed by atoms with van der Waals surface area (Å²) in [5, 5.41) is 9.72. The smallest absolute Gasteiger partial charge is 0.329 e. The van der Waals surface area contributed by atoms with Crippen LogP contribution in [-0.4, -0.2) is 44.0 Å². The first-order chi connectivity index (χ1) is 12.9. The molecule has 2 heterocycles. The lowest BCUT2D eigenvalue weighted by molar-refractivity contribution is -0.150. The number of para-hydroxylation sites is 1. The molecule has 8 heteroatoms. The number of fused-ring (bicyclic) bond motifs is 1. The summed E-state index contributed by atoms with van der Waals surface area (Å²) in [6.45, 7) is 3.96. The molecule has 1 amide bonds. The Labute approximate surface area is 155 Å². The number of carbonyl (C=O) groups excluding carboxylic acids is 1. The maximum atomic E-state index is 13.3. The number of amides is 1. The van der Waals surface area contributed by atoms with Gasteiger partial charge in [-0.2, -0.15) is 0 Å². The summed E-state index contributed by atoms with van der Waals surface area (Å²) >= 11 is 0. The zero-order chi connectivity index (χ0) is 19.7. The van der Waals surface area contributed by atoms with Crippen LogP contribution in [0.2, 0.25) is 0 Å². The Bertz CT molecular complexity index is 993. The van der Waals surface area contributed by atoms with Crippen LogP contribution in [0.3, 0.4) is 0 Å². The van der Waals surface area contributed by atoms with Crippen molar-refractivity contribution in [2.24, 2.45) is 5.92 Å². The van der Waals surface area contributed by atoms with Gasteiger partial charge in [0.15, 0.2) is 0 Å². The number of H-pyrrole nitrogens is 1. The Kier molecular flexibility index (Phi) is 5.16. The van der Waals surface area contributed by atoms with E-state index in [0.29, 0.717) is 36.7 Å². The van der Waals surface area contributed by atoms with E-state index >= 15 is 0 Å². The lowest BCUT2D eigenvalue weighted by Crippen LogP contribution is -2.50. The highest BCUT2D eigenvalue weighted by atomic mass is 16.4. The molecule has 0 bridgehead atoms. The van der Waals surface area contributed by atoms with Gasteiger partial charge in [0, 0.05) is 6.54 Å². The fourth-order valence-electron chi connectivity index (χ4n) is 3.72. The minimum Gasteiger partial charge on any atom is -0.480 e. The van der Waals surface area contributed by atoms with Crippen molar-refractivity contribution in [1.29, 1.82) is 0 Å². The summed E-state index contributed by atoms with van der Waals surface area (Å²) in [6, 6.07) is 4.66. The second kappa shape index (κ2) is 7.38. The number of carboxylic acids is 1. The number of hydrogen-bond donors (Lipinski definition) is 2. The van der Waals surface area contributed by atoms with Crippen molar-refractivity contribution < 1.29 is 14.7 Å². The molecule has 1 aromatic carbocycles. The number of nitrogens with zero attached hydrogens (tertiary/aromatic N) is 2. The molecular formula is C19H23N3O5. The van der Waals surface area contributed by atoms with Gasteiger partial charge in [-0.1, -0.05) is 32.4 Å². The Morgan fingerprint density at radius 1 is 1.30 bits per heavy atom. The fourth-order valence-corrected chi connectivity index (χ4v) is 3.72. The third-order valence-corrected chi connectivity index (χ3v) is 5.37. The van der Waals surface area contributed by atoms with Crippen molar-refractivity contribution in [3.8, 4) is 0 Å². The topological polar surface area (TPSA) is 112 Å². The predicted octanol–water partition coefficient (Wildman–Crippen LogP) is 1.35. The zero-order valence-electron chi connectivity index (χ0n) is 15.3. The van der Waals surface area contributed by atoms with Crippen molar-refractivity contribution in [2.45, 2.75) is 45.2 Å². The Balaban J connectivity index is 2.16. The molecule has 1 aliphatic rings. The molecule has 1 saturated heterocycles. The van der Waals surface area contributed by atoms with E-state index in [1.54, 1.807) is 31.2 Å². The van der Waals surface area contributed by atoms with Gasteiger partial charge in [-0.05, 0) is 30.9 Å². The van der Waals surface area contributed by atoms with Crippen LogP contribution in [0.1, 0.15) is 39.2 Å². The number of aromatic amines is 1. The van der Waals surface area contributed by atoms with Crippen molar-refractivity contribution in [3.05, 3.63) is 45.1 Å². The summed E-state index contributed by atoms with van der Waals surface area (Å²) in [4.78, 5) is 54.4. The minimum atomic E-state index is -1.07. The third-order valence-electron chi connectivity index (χ3n) is 5.37. The van der Waals surface area contributed by atoms with Gasteiger partial charge >= 0.3 is 11.7 Å². The van der Waals surface area contributed by atoms with Crippen LogP contribution in [0.5, 0.6) is 0 Å². The molecule has 3 rings (SSSR count). The van der Waals surface area contributed by atoms with Crippen molar-refractivity contribution in [2.75, 3.05) is 6.54 Å². The summed E-state index contributed by atoms with van der Waals surface area (Å²) in [5.41, 5.74) is -0.800. The Morgan fingerprint density at radius 2 is 2.00 bits per heavy atom. The highest BCUT2D eigenvalue weighted by Crippen LogP contribution is 2.27. The summed E-state index contributed by atoms with van der Waals surface area (Å²) in [6.07, 6.45) is 1.51. The van der Waals surface area contributed by atoms with Crippen LogP contribution in [0.15, 0.2) is 33.9 Å². The van der Waals surface area contributed by atoms with E-state index in [1.165, 1.54) is 4.90 Å². The van der Waals surface area contributed by atoms with Gasteiger partial charge in [0.1, 0.15) is 12.1 Å². The first-order valence-electron chi connectivity index (χ1n) is 9.13. The lowest BCUT2D eigenvalue weighted by Gasteiger charge is -2.30. The van der Waals surface area contributed by atoms with E-state index in [1.807, 2.05) is 6.92 Å². The van der Waals surface area contributed by atoms with E-state index in [2.05, 4.69) is 4.98 Å². The minimum absolute atomic E-state index is 0.309. The number of likely N-dealkylation sites (tertiary alicyclic amines) is 1.